The summed E-state index contributed by atoms with van der Waals surface area (Å²) in [5, 5.41) is 3.20. The molecule has 1 aromatic carbocycles. The van der Waals surface area contributed by atoms with Gasteiger partial charge in [-0.25, -0.2) is 4.79 Å². The van der Waals surface area contributed by atoms with Gasteiger partial charge in [-0.15, -0.1) is 0 Å². The van der Waals surface area contributed by atoms with Gasteiger partial charge in [0.2, 0.25) is 5.91 Å². The number of hydrogen-bond acceptors (Lipinski definition) is 3. The zero-order chi connectivity index (χ0) is 16.9. The Bertz CT molecular complexity index is 834. The van der Waals surface area contributed by atoms with Crippen LogP contribution in [0.5, 0.6) is 0 Å². The van der Waals surface area contributed by atoms with Gasteiger partial charge in [0.25, 0.3) is 5.56 Å². The minimum absolute atomic E-state index is 0.254. The van der Waals surface area contributed by atoms with Crippen molar-refractivity contribution in [1.82, 2.24) is 14.9 Å². The number of rotatable bonds is 6. The first kappa shape index (κ1) is 16.4. The van der Waals surface area contributed by atoms with E-state index in [1.54, 1.807) is 29.2 Å². The van der Waals surface area contributed by atoms with Gasteiger partial charge in [0.15, 0.2) is 0 Å². The third-order valence-electron chi connectivity index (χ3n) is 4.53. The van der Waals surface area contributed by atoms with Gasteiger partial charge in [-0.3, -0.25) is 14.2 Å². The SMILES string of the molecule is O=C(Cn1c(=O)[nH]c2ccccc2c1=O)NCCC[NH+]1CCCC1. The number of carbonyl (C=O) groups excluding carboxylic acids is 1. The fourth-order valence-corrected chi connectivity index (χ4v) is 3.23. The summed E-state index contributed by atoms with van der Waals surface area (Å²) >= 11 is 0. The first-order chi connectivity index (χ1) is 11.6. The molecule has 0 saturated carbocycles. The van der Waals surface area contributed by atoms with Crippen molar-refractivity contribution in [3.8, 4) is 0 Å². The Morgan fingerprint density at radius 3 is 2.75 bits per heavy atom. The smallest absolute Gasteiger partial charge is 0.329 e. The molecule has 3 rings (SSSR count). The molecule has 0 radical (unpaired) electrons. The van der Waals surface area contributed by atoms with Crippen molar-refractivity contribution in [3.63, 3.8) is 0 Å². The lowest BCUT2D eigenvalue weighted by Gasteiger charge is -2.12. The van der Waals surface area contributed by atoms with Crippen LogP contribution in [-0.2, 0) is 11.3 Å². The fraction of sp³-hybridized carbons (Fsp3) is 0.471. The molecular formula is C17H23N4O3+. The van der Waals surface area contributed by atoms with Crippen molar-refractivity contribution in [3.05, 3.63) is 45.1 Å². The van der Waals surface area contributed by atoms with E-state index in [-0.39, 0.29) is 12.5 Å². The highest BCUT2D eigenvalue weighted by molar-refractivity contribution is 5.78. The van der Waals surface area contributed by atoms with E-state index in [1.165, 1.54) is 25.9 Å². The lowest BCUT2D eigenvalue weighted by molar-refractivity contribution is -0.887. The molecule has 7 nitrogen and oxygen atoms in total. The lowest BCUT2D eigenvalue weighted by atomic mass is 10.2. The van der Waals surface area contributed by atoms with Crippen molar-refractivity contribution in [2.45, 2.75) is 25.8 Å². The van der Waals surface area contributed by atoms with E-state index < -0.39 is 11.2 Å². The van der Waals surface area contributed by atoms with Crippen LogP contribution >= 0.6 is 0 Å². The molecule has 2 aromatic rings. The van der Waals surface area contributed by atoms with E-state index in [2.05, 4.69) is 10.3 Å². The summed E-state index contributed by atoms with van der Waals surface area (Å²) in [5.41, 5.74) is -0.515. The van der Waals surface area contributed by atoms with E-state index in [0.29, 0.717) is 17.4 Å². The molecule has 0 bridgehead atoms. The second-order valence-corrected chi connectivity index (χ2v) is 6.28. The summed E-state index contributed by atoms with van der Waals surface area (Å²) in [7, 11) is 0. The summed E-state index contributed by atoms with van der Waals surface area (Å²) in [6.07, 6.45) is 3.48. The number of carbonyl (C=O) groups is 1. The second kappa shape index (κ2) is 7.44. The van der Waals surface area contributed by atoms with Crippen molar-refractivity contribution in [1.29, 1.82) is 0 Å². The van der Waals surface area contributed by atoms with Gasteiger partial charge >= 0.3 is 5.69 Å². The van der Waals surface area contributed by atoms with Crippen LogP contribution in [0.15, 0.2) is 33.9 Å². The third-order valence-corrected chi connectivity index (χ3v) is 4.53. The van der Waals surface area contributed by atoms with Crippen LogP contribution in [0.1, 0.15) is 19.3 Å². The molecular weight excluding hydrogens is 308 g/mol. The number of aromatic amines is 1. The van der Waals surface area contributed by atoms with Crippen molar-refractivity contribution in [2.75, 3.05) is 26.2 Å². The molecule has 0 spiro atoms. The first-order valence-corrected chi connectivity index (χ1v) is 8.47. The minimum Gasteiger partial charge on any atom is -0.354 e. The number of fused-ring (bicyclic) bond motifs is 1. The van der Waals surface area contributed by atoms with Gasteiger partial charge in [0.1, 0.15) is 6.54 Å². The molecule has 2 heterocycles. The predicted molar refractivity (Wildman–Crippen MR) is 91.3 cm³/mol. The number of hydrogen-bond donors (Lipinski definition) is 3. The molecule has 3 N–H and O–H groups in total. The standard InChI is InChI=1S/C17H22N4O3/c22-15(18-8-5-11-20-9-3-4-10-20)12-21-16(23)13-6-1-2-7-14(13)19-17(21)24/h1-2,6-7H,3-5,8-12H2,(H,18,22)(H,19,24)/p+1. The molecule has 1 saturated heterocycles. The monoisotopic (exact) mass is 331 g/mol. The number of para-hydroxylation sites is 1. The zero-order valence-corrected chi connectivity index (χ0v) is 13.6. The molecule has 0 aliphatic carbocycles. The minimum atomic E-state index is -0.560. The molecule has 1 fully saturated rings. The Kier molecular flexibility index (Phi) is 5.10. The van der Waals surface area contributed by atoms with Gasteiger partial charge in [-0.05, 0) is 12.1 Å². The summed E-state index contributed by atoms with van der Waals surface area (Å²) in [6.45, 7) is 3.81. The largest absolute Gasteiger partial charge is 0.354 e. The molecule has 24 heavy (non-hydrogen) atoms. The number of aromatic nitrogens is 2. The van der Waals surface area contributed by atoms with Gasteiger partial charge in [0.05, 0.1) is 30.5 Å². The molecule has 0 atom stereocenters. The van der Waals surface area contributed by atoms with Crippen molar-refractivity contribution < 1.29 is 9.69 Å². The van der Waals surface area contributed by atoms with Crippen LogP contribution in [0, 0.1) is 0 Å². The van der Waals surface area contributed by atoms with Gasteiger partial charge in [0, 0.05) is 25.8 Å². The summed E-state index contributed by atoms with van der Waals surface area (Å²) in [6, 6.07) is 6.79. The number of nitrogens with zero attached hydrogens (tertiary/aromatic N) is 1. The second-order valence-electron chi connectivity index (χ2n) is 6.28. The van der Waals surface area contributed by atoms with Crippen LogP contribution < -0.4 is 21.5 Å². The summed E-state index contributed by atoms with van der Waals surface area (Å²) in [5.74, 6) is -0.311. The zero-order valence-electron chi connectivity index (χ0n) is 13.6. The Labute approximate surface area is 139 Å². The average Bonchev–Trinajstić information content (AvgIpc) is 3.09. The van der Waals surface area contributed by atoms with E-state index >= 15 is 0 Å². The number of amides is 1. The highest BCUT2D eigenvalue weighted by atomic mass is 16.2. The van der Waals surface area contributed by atoms with Crippen LogP contribution in [0.25, 0.3) is 10.9 Å². The summed E-state index contributed by atoms with van der Waals surface area (Å²) in [4.78, 5) is 40.6. The maximum Gasteiger partial charge on any atom is 0.329 e. The van der Waals surface area contributed by atoms with Crippen LogP contribution in [0.2, 0.25) is 0 Å². The Balaban J connectivity index is 1.59. The average molecular weight is 331 g/mol. The van der Waals surface area contributed by atoms with E-state index in [1.807, 2.05) is 0 Å². The normalized spacial score (nSPS) is 15.0. The van der Waals surface area contributed by atoms with E-state index in [4.69, 9.17) is 0 Å². The first-order valence-electron chi connectivity index (χ1n) is 8.47. The van der Waals surface area contributed by atoms with Crippen LogP contribution in [-0.4, -0.2) is 41.6 Å². The van der Waals surface area contributed by atoms with Crippen LogP contribution in [0.4, 0.5) is 0 Å². The third kappa shape index (κ3) is 3.73. The molecule has 1 aliphatic rings. The number of H-pyrrole nitrogens is 1. The molecule has 1 aromatic heterocycles. The Hall–Kier alpha value is -2.41. The molecule has 1 aliphatic heterocycles. The highest BCUT2D eigenvalue weighted by Crippen LogP contribution is 2.02. The fourth-order valence-electron chi connectivity index (χ4n) is 3.23. The van der Waals surface area contributed by atoms with Crippen LogP contribution in [0.3, 0.4) is 0 Å². The quantitative estimate of drug-likeness (QED) is 0.586. The summed E-state index contributed by atoms with van der Waals surface area (Å²) < 4.78 is 0.948. The van der Waals surface area contributed by atoms with Crippen molar-refractivity contribution in [2.24, 2.45) is 0 Å². The highest BCUT2D eigenvalue weighted by Gasteiger charge is 2.15. The van der Waals surface area contributed by atoms with Gasteiger partial charge in [-0.1, -0.05) is 12.1 Å². The van der Waals surface area contributed by atoms with Gasteiger partial charge < -0.3 is 15.2 Å². The Morgan fingerprint density at radius 2 is 1.96 bits per heavy atom. The number of nitrogens with one attached hydrogen (secondary N) is 3. The number of quaternary nitrogens is 1. The molecule has 0 unspecified atom stereocenters. The maximum absolute atomic E-state index is 12.3. The topological polar surface area (TPSA) is 88.4 Å². The van der Waals surface area contributed by atoms with E-state index in [0.717, 1.165) is 17.5 Å². The number of benzene rings is 1. The molecule has 1 amide bonds. The maximum atomic E-state index is 12.3. The molecule has 7 heteroatoms. The van der Waals surface area contributed by atoms with E-state index in [9.17, 15) is 14.4 Å². The van der Waals surface area contributed by atoms with Crippen molar-refractivity contribution >= 4 is 16.8 Å². The van der Waals surface area contributed by atoms with Gasteiger partial charge in [-0.2, -0.15) is 0 Å². The number of likely N-dealkylation sites (tertiary alicyclic amines) is 1. The molecule has 128 valence electrons. The lowest BCUT2D eigenvalue weighted by Crippen LogP contribution is -3.10. The predicted octanol–water partition coefficient (Wildman–Crippen LogP) is -1.13. The Morgan fingerprint density at radius 1 is 1.21 bits per heavy atom.